The van der Waals surface area contributed by atoms with Crippen LogP contribution in [0.5, 0.6) is 0 Å². The van der Waals surface area contributed by atoms with E-state index in [1.165, 1.54) is 12.8 Å². The second-order valence-electron chi connectivity index (χ2n) is 5.76. The van der Waals surface area contributed by atoms with Gasteiger partial charge in [-0.25, -0.2) is 0 Å². The molecule has 0 radical (unpaired) electrons. The monoisotopic (exact) mass is 229 g/mol. The lowest BCUT2D eigenvalue weighted by Gasteiger charge is -2.35. The van der Waals surface area contributed by atoms with Crippen molar-refractivity contribution in [2.45, 2.75) is 66.3 Å². The second-order valence-corrected chi connectivity index (χ2v) is 5.76. The summed E-state index contributed by atoms with van der Waals surface area (Å²) in [7, 11) is 0. The average Bonchev–Trinajstić information content (AvgIpc) is 2.23. The van der Waals surface area contributed by atoms with Gasteiger partial charge in [-0.2, -0.15) is 0 Å². The van der Waals surface area contributed by atoms with Gasteiger partial charge in [-0.3, -0.25) is 0 Å². The Kier molecular flexibility index (Phi) is 7.25. The summed E-state index contributed by atoms with van der Waals surface area (Å²) in [5, 5.41) is 3.64. The SMILES string of the molecule is CCOCCC(CC)(CC)CNC(C)(C)C. The molecule has 16 heavy (non-hydrogen) atoms. The molecule has 0 saturated heterocycles. The minimum Gasteiger partial charge on any atom is -0.382 e. The average molecular weight is 229 g/mol. The lowest BCUT2D eigenvalue weighted by Crippen LogP contribution is -2.44. The third-order valence-corrected chi connectivity index (χ3v) is 3.47. The fraction of sp³-hybridized carbons (Fsp3) is 1.00. The molecular formula is C14H31NO. The van der Waals surface area contributed by atoms with E-state index in [-0.39, 0.29) is 5.54 Å². The van der Waals surface area contributed by atoms with Crippen LogP contribution in [-0.2, 0) is 4.74 Å². The first-order valence-electron chi connectivity index (χ1n) is 6.72. The topological polar surface area (TPSA) is 21.3 Å². The van der Waals surface area contributed by atoms with Gasteiger partial charge in [0.05, 0.1) is 0 Å². The van der Waals surface area contributed by atoms with E-state index < -0.39 is 0 Å². The van der Waals surface area contributed by atoms with Crippen LogP contribution in [0.4, 0.5) is 0 Å². The predicted octanol–water partition coefficient (Wildman–Crippen LogP) is 3.61. The van der Waals surface area contributed by atoms with E-state index >= 15 is 0 Å². The fourth-order valence-corrected chi connectivity index (χ4v) is 1.83. The molecule has 0 saturated carbocycles. The number of nitrogens with one attached hydrogen (secondary N) is 1. The fourth-order valence-electron chi connectivity index (χ4n) is 1.83. The molecule has 0 rings (SSSR count). The molecular weight excluding hydrogens is 198 g/mol. The molecule has 0 aliphatic rings. The molecule has 0 bridgehead atoms. The van der Waals surface area contributed by atoms with Gasteiger partial charge in [-0.15, -0.1) is 0 Å². The highest BCUT2D eigenvalue weighted by molar-refractivity contribution is 4.83. The zero-order chi connectivity index (χ0) is 12.7. The Bertz CT molecular complexity index is 168. The maximum atomic E-state index is 5.50. The van der Waals surface area contributed by atoms with E-state index in [4.69, 9.17) is 4.74 Å². The van der Waals surface area contributed by atoms with Crippen LogP contribution in [0.3, 0.4) is 0 Å². The Morgan fingerprint density at radius 3 is 1.94 bits per heavy atom. The van der Waals surface area contributed by atoms with Crippen LogP contribution in [0.25, 0.3) is 0 Å². The zero-order valence-corrected chi connectivity index (χ0v) is 12.2. The van der Waals surface area contributed by atoms with Crippen LogP contribution in [0, 0.1) is 5.41 Å². The summed E-state index contributed by atoms with van der Waals surface area (Å²) in [4.78, 5) is 0. The van der Waals surface area contributed by atoms with Crippen LogP contribution in [0.1, 0.15) is 60.8 Å². The molecule has 0 aromatic carbocycles. The van der Waals surface area contributed by atoms with Crippen molar-refractivity contribution >= 4 is 0 Å². The summed E-state index contributed by atoms with van der Waals surface area (Å²) in [5.74, 6) is 0. The number of ether oxygens (including phenoxy) is 1. The summed E-state index contributed by atoms with van der Waals surface area (Å²) >= 11 is 0. The minimum absolute atomic E-state index is 0.210. The predicted molar refractivity (Wildman–Crippen MR) is 71.9 cm³/mol. The lowest BCUT2D eigenvalue weighted by atomic mass is 9.79. The van der Waals surface area contributed by atoms with Gasteiger partial charge in [0, 0.05) is 25.3 Å². The van der Waals surface area contributed by atoms with Crippen LogP contribution < -0.4 is 5.32 Å². The van der Waals surface area contributed by atoms with Gasteiger partial charge in [0.2, 0.25) is 0 Å². The van der Waals surface area contributed by atoms with Crippen LogP contribution >= 0.6 is 0 Å². The maximum absolute atomic E-state index is 5.50. The third-order valence-electron chi connectivity index (χ3n) is 3.47. The largest absolute Gasteiger partial charge is 0.382 e. The van der Waals surface area contributed by atoms with Crippen LogP contribution in [0.2, 0.25) is 0 Å². The molecule has 0 fully saturated rings. The molecule has 1 N–H and O–H groups in total. The van der Waals surface area contributed by atoms with Crippen molar-refractivity contribution in [3.63, 3.8) is 0 Å². The molecule has 0 aliphatic heterocycles. The molecule has 98 valence electrons. The van der Waals surface area contributed by atoms with Crippen molar-refractivity contribution in [2.24, 2.45) is 5.41 Å². The highest BCUT2D eigenvalue weighted by atomic mass is 16.5. The number of hydrogen-bond acceptors (Lipinski definition) is 2. The molecule has 0 heterocycles. The van der Waals surface area contributed by atoms with Gasteiger partial charge in [-0.1, -0.05) is 13.8 Å². The molecule has 0 aromatic heterocycles. The molecule has 2 nitrogen and oxygen atoms in total. The molecule has 2 heteroatoms. The summed E-state index contributed by atoms with van der Waals surface area (Å²) < 4.78 is 5.50. The van der Waals surface area contributed by atoms with Crippen molar-refractivity contribution in [1.82, 2.24) is 5.32 Å². The van der Waals surface area contributed by atoms with Crippen molar-refractivity contribution in [1.29, 1.82) is 0 Å². The minimum atomic E-state index is 0.210. The van der Waals surface area contributed by atoms with E-state index in [9.17, 15) is 0 Å². The first-order chi connectivity index (χ1) is 7.39. The highest BCUT2D eigenvalue weighted by Crippen LogP contribution is 2.30. The second kappa shape index (κ2) is 7.29. The standard InChI is InChI=1S/C14H31NO/c1-7-14(8-2,10-11-16-9-3)12-15-13(4,5)6/h15H,7-12H2,1-6H3. The Labute approximate surface area is 102 Å². The molecule has 0 spiro atoms. The molecule has 0 atom stereocenters. The maximum Gasteiger partial charge on any atom is 0.0471 e. The number of hydrogen-bond donors (Lipinski definition) is 1. The van der Waals surface area contributed by atoms with Gasteiger partial charge < -0.3 is 10.1 Å². The van der Waals surface area contributed by atoms with Crippen molar-refractivity contribution in [3.05, 3.63) is 0 Å². The van der Waals surface area contributed by atoms with E-state index in [2.05, 4.69) is 46.9 Å². The van der Waals surface area contributed by atoms with Crippen LogP contribution in [-0.4, -0.2) is 25.3 Å². The van der Waals surface area contributed by atoms with Crippen molar-refractivity contribution < 1.29 is 4.74 Å². The highest BCUT2D eigenvalue weighted by Gasteiger charge is 2.27. The lowest BCUT2D eigenvalue weighted by molar-refractivity contribution is 0.0925. The van der Waals surface area contributed by atoms with E-state index in [0.29, 0.717) is 5.41 Å². The molecule has 0 aromatic rings. The van der Waals surface area contributed by atoms with Gasteiger partial charge in [0.25, 0.3) is 0 Å². The first kappa shape index (κ1) is 15.9. The summed E-state index contributed by atoms with van der Waals surface area (Å²) in [5.41, 5.74) is 0.615. The van der Waals surface area contributed by atoms with E-state index in [1.807, 2.05) is 0 Å². The Balaban J connectivity index is 4.20. The first-order valence-corrected chi connectivity index (χ1v) is 6.72. The van der Waals surface area contributed by atoms with Gasteiger partial charge in [-0.05, 0) is 52.4 Å². The zero-order valence-electron chi connectivity index (χ0n) is 12.2. The summed E-state index contributed by atoms with van der Waals surface area (Å²) in [6.45, 7) is 16.1. The van der Waals surface area contributed by atoms with E-state index in [0.717, 1.165) is 26.2 Å². The van der Waals surface area contributed by atoms with E-state index in [1.54, 1.807) is 0 Å². The summed E-state index contributed by atoms with van der Waals surface area (Å²) in [6, 6.07) is 0. The molecule has 0 amide bonds. The van der Waals surface area contributed by atoms with Crippen molar-refractivity contribution in [2.75, 3.05) is 19.8 Å². The molecule has 0 aliphatic carbocycles. The molecule has 0 unspecified atom stereocenters. The third kappa shape index (κ3) is 6.49. The number of rotatable bonds is 8. The van der Waals surface area contributed by atoms with Gasteiger partial charge >= 0.3 is 0 Å². The quantitative estimate of drug-likeness (QED) is 0.642. The van der Waals surface area contributed by atoms with Crippen LogP contribution in [0.15, 0.2) is 0 Å². The summed E-state index contributed by atoms with van der Waals surface area (Å²) in [6.07, 6.45) is 3.61. The van der Waals surface area contributed by atoms with Crippen molar-refractivity contribution in [3.8, 4) is 0 Å². The normalized spacial score (nSPS) is 13.1. The van der Waals surface area contributed by atoms with Gasteiger partial charge in [0.1, 0.15) is 0 Å². The Morgan fingerprint density at radius 2 is 1.56 bits per heavy atom. The smallest absolute Gasteiger partial charge is 0.0471 e. The van der Waals surface area contributed by atoms with Gasteiger partial charge in [0.15, 0.2) is 0 Å². The Hall–Kier alpha value is -0.0800. The Morgan fingerprint density at radius 1 is 1.00 bits per heavy atom.